The lowest BCUT2D eigenvalue weighted by molar-refractivity contribution is 0.0188. The highest BCUT2D eigenvalue weighted by atomic mass is 32.2. The molecule has 0 bridgehead atoms. The number of rotatable bonds is 7. The lowest BCUT2D eigenvalue weighted by Crippen LogP contribution is -2.56. The molecule has 50 heavy (non-hydrogen) atoms. The van der Waals surface area contributed by atoms with Gasteiger partial charge in [0.2, 0.25) is 0 Å². The van der Waals surface area contributed by atoms with Crippen LogP contribution in [-0.2, 0) is 26.3 Å². The summed E-state index contributed by atoms with van der Waals surface area (Å²) in [6, 6.07) is 12.8. The third-order valence-corrected chi connectivity index (χ3v) is 11.6. The van der Waals surface area contributed by atoms with E-state index in [1.807, 2.05) is 24.3 Å². The normalized spacial score (nSPS) is 20.2. The molecule has 0 saturated carbocycles. The Kier molecular flexibility index (Phi) is 10.5. The molecular weight excluding hydrogens is 666 g/mol. The van der Waals surface area contributed by atoms with Crippen LogP contribution in [0.2, 0.25) is 0 Å². The molecule has 4 heterocycles. The average Bonchev–Trinajstić information content (AvgIpc) is 3.11. The second-order valence-corrected chi connectivity index (χ2v) is 16.0. The van der Waals surface area contributed by atoms with Crippen molar-refractivity contribution in [1.29, 1.82) is 0 Å². The van der Waals surface area contributed by atoms with Gasteiger partial charge in [0.05, 0.1) is 18.4 Å². The Morgan fingerprint density at radius 2 is 1.50 bits per heavy atom. The number of cyclic esters (lactones) is 1. The summed E-state index contributed by atoms with van der Waals surface area (Å²) in [6.07, 6.45) is 1.25. The molecule has 3 amide bonds. The van der Waals surface area contributed by atoms with E-state index in [1.165, 1.54) is 15.7 Å². The van der Waals surface area contributed by atoms with Gasteiger partial charge in [0.25, 0.3) is 16.1 Å². The van der Waals surface area contributed by atoms with Crippen molar-refractivity contribution >= 4 is 34.0 Å². The second kappa shape index (κ2) is 14.6. The smallest absolute Gasteiger partial charge is 0.414 e. The maximum Gasteiger partial charge on any atom is 0.414 e. The van der Waals surface area contributed by atoms with Crippen molar-refractivity contribution in [2.75, 3.05) is 64.4 Å². The van der Waals surface area contributed by atoms with Gasteiger partial charge in [0.15, 0.2) is 0 Å². The van der Waals surface area contributed by atoms with Crippen LogP contribution in [0.5, 0.6) is 11.5 Å². The summed E-state index contributed by atoms with van der Waals surface area (Å²) >= 11 is 0. The highest BCUT2D eigenvalue weighted by molar-refractivity contribution is 7.86. The first kappa shape index (κ1) is 35.7. The number of benzene rings is 2. The summed E-state index contributed by atoms with van der Waals surface area (Å²) in [5.74, 6) is 0.784. The summed E-state index contributed by atoms with van der Waals surface area (Å²) in [7, 11) is -2.17. The Hall–Kier alpha value is -4.08. The lowest BCUT2D eigenvalue weighted by atomic mass is 10.00. The second-order valence-electron chi connectivity index (χ2n) is 14.0. The number of fused-ring (bicyclic) bond motifs is 1. The van der Waals surface area contributed by atoms with Crippen molar-refractivity contribution in [2.45, 2.75) is 70.8 Å². The monoisotopic (exact) mass is 713 g/mol. The number of para-hydroxylation sites is 1. The van der Waals surface area contributed by atoms with Crippen LogP contribution < -0.4 is 14.4 Å². The van der Waals surface area contributed by atoms with Crippen molar-refractivity contribution in [3.63, 3.8) is 0 Å². The van der Waals surface area contributed by atoms with E-state index in [0.29, 0.717) is 68.9 Å². The van der Waals surface area contributed by atoms with Crippen LogP contribution in [0.1, 0.15) is 62.4 Å². The van der Waals surface area contributed by atoms with Gasteiger partial charge in [-0.25, -0.2) is 9.59 Å². The molecule has 0 atom stereocenters. The van der Waals surface area contributed by atoms with Gasteiger partial charge in [0.1, 0.15) is 29.8 Å². The van der Waals surface area contributed by atoms with E-state index in [4.69, 9.17) is 18.9 Å². The van der Waals surface area contributed by atoms with Crippen LogP contribution in [-0.4, -0.2) is 122 Å². The quantitative estimate of drug-likeness (QED) is 0.415. The first-order valence-corrected chi connectivity index (χ1v) is 18.6. The summed E-state index contributed by atoms with van der Waals surface area (Å²) in [4.78, 5) is 43.7. The molecule has 0 aliphatic carbocycles. The Balaban J connectivity index is 0.994. The van der Waals surface area contributed by atoms with Crippen molar-refractivity contribution in [2.24, 2.45) is 0 Å². The van der Waals surface area contributed by atoms with E-state index in [1.54, 1.807) is 53.7 Å². The van der Waals surface area contributed by atoms with Gasteiger partial charge in [0, 0.05) is 70.0 Å². The molecule has 3 fully saturated rings. The number of nitrogens with zero attached hydrogens (tertiary/aromatic N) is 5. The van der Waals surface area contributed by atoms with E-state index < -0.39 is 21.9 Å². The number of carbonyl (C=O) groups is 3. The number of amides is 3. The van der Waals surface area contributed by atoms with Crippen molar-refractivity contribution in [1.82, 2.24) is 18.4 Å². The van der Waals surface area contributed by atoms with Gasteiger partial charge in [-0.05, 0) is 64.7 Å². The number of hydrogen-bond donors (Lipinski definition) is 0. The topological polar surface area (TPSA) is 138 Å². The third kappa shape index (κ3) is 7.79. The van der Waals surface area contributed by atoms with E-state index in [2.05, 4.69) is 0 Å². The third-order valence-electron chi connectivity index (χ3n) is 9.57. The van der Waals surface area contributed by atoms with E-state index in [0.717, 1.165) is 11.3 Å². The summed E-state index contributed by atoms with van der Waals surface area (Å²) in [6.45, 7) is 8.22. The van der Waals surface area contributed by atoms with Crippen LogP contribution in [0.4, 0.5) is 15.3 Å². The van der Waals surface area contributed by atoms with Crippen LogP contribution in [0, 0.1) is 0 Å². The van der Waals surface area contributed by atoms with Crippen LogP contribution in [0.25, 0.3) is 0 Å². The van der Waals surface area contributed by atoms with Gasteiger partial charge in [-0.15, -0.1) is 0 Å². The Morgan fingerprint density at radius 1 is 0.840 bits per heavy atom. The van der Waals surface area contributed by atoms with Crippen molar-refractivity contribution in [3.05, 3.63) is 53.6 Å². The number of piperidine rings is 2. The zero-order chi connectivity index (χ0) is 35.6. The number of hydrogen-bond acceptors (Lipinski definition) is 9. The highest BCUT2D eigenvalue weighted by Crippen LogP contribution is 2.33. The Bertz CT molecular complexity index is 1670. The van der Waals surface area contributed by atoms with Crippen LogP contribution in [0.3, 0.4) is 0 Å². The molecule has 0 spiro atoms. The summed E-state index contributed by atoms with van der Waals surface area (Å²) < 4.78 is 52.4. The summed E-state index contributed by atoms with van der Waals surface area (Å²) in [5.41, 5.74) is 1.65. The number of anilines is 1. The van der Waals surface area contributed by atoms with Crippen LogP contribution in [0.15, 0.2) is 42.5 Å². The molecule has 0 aromatic heterocycles. The minimum atomic E-state index is -3.68. The fourth-order valence-corrected chi connectivity index (χ4v) is 8.53. The maximum absolute atomic E-state index is 13.6. The van der Waals surface area contributed by atoms with E-state index in [9.17, 15) is 22.8 Å². The van der Waals surface area contributed by atoms with E-state index >= 15 is 0 Å². The molecule has 2 aromatic rings. The molecule has 14 nitrogen and oxygen atoms in total. The lowest BCUT2D eigenvalue weighted by Gasteiger charge is -2.40. The zero-order valence-electron chi connectivity index (χ0n) is 29.2. The zero-order valence-corrected chi connectivity index (χ0v) is 30.0. The molecular formula is C35H47N5O9S. The SMILES string of the molecule is COc1cc(OC2CCN(S(=O)(=O)N3CCN(C(=O)OC(C)(C)C)CC3)CC2)ccc1C(=O)N1CCC(N2C(=O)OCc3ccccc32)CC1. The highest BCUT2D eigenvalue weighted by Gasteiger charge is 2.38. The average molecular weight is 714 g/mol. The molecule has 4 aliphatic rings. The first-order chi connectivity index (χ1) is 23.8. The number of piperazine rings is 1. The number of likely N-dealkylation sites (tertiary alicyclic amines) is 1. The van der Waals surface area contributed by atoms with Gasteiger partial charge in [-0.1, -0.05) is 18.2 Å². The molecule has 272 valence electrons. The van der Waals surface area contributed by atoms with Gasteiger partial charge in [-0.2, -0.15) is 17.0 Å². The minimum Gasteiger partial charge on any atom is -0.496 e. The molecule has 15 heteroatoms. The van der Waals surface area contributed by atoms with Crippen LogP contribution >= 0.6 is 0 Å². The van der Waals surface area contributed by atoms with Crippen molar-refractivity contribution < 1.29 is 41.7 Å². The standard InChI is InChI=1S/C35H47N5O9S/c1-35(2,3)49-33(42)37-19-21-39(22-20-37)50(44,45)38-17-13-27(14-18-38)48-28-9-10-29(31(23-28)46-4)32(41)36-15-11-26(12-16-36)40-30-8-6-5-7-25(30)24-47-34(40)43/h5-10,23,26-27H,11-22,24H2,1-4H3. The molecule has 3 saturated heterocycles. The Labute approximate surface area is 293 Å². The van der Waals surface area contributed by atoms with Crippen molar-refractivity contribution in [3.8, 4) is 11.5 Å². The number of ether oxygens (including phenoxy) is 4. The summed E-state index contributed by atoms with van der Waals surface area (Å²) in [5, 5.41) is 0. The molecule has 0 radical (unpaired) electrons. The van der Waals surface area contributed by atoms with Gasteiger partial charge >= 0.3 is 12.2 Å². The van der Waals surface area contributed by atoms with Gasteiger partial charge < -0.3 is 28.7 Å². The fraction of sp³-hybridized carbons (Fsp3) is 0.571. The predicted octanol–water partition coefficient (Wildman–Crippen LogP) is 4.10. The van der Waals surface area contributed by atoms with Gasteiger partial charge in [-0.3, -0.25) is 9.69 Å². The van der Waals surface area contributed by atoms with E-state index in [-0.39, 0.29) is 56.9 Å². The number of carbonyl (C=O) groups excluding carboxylic acids is 3. The Morgan fingerprint density at radius 3 is 2.16 bits per heavy atom. The fourth-order valence-electron chi connectivity index (χ4n) is 6.90. The molecule has 0 unspecified atom stereocenters. The maximum atomic E-state index is 13.6. The largest absolute Gasteiger partial charge is 0.496 e. The number of methoxy groups -OCH3 is 1. The first-order valence-electron chi connectivity index (χ1n) is 17.2. The predicted molar refractivity (Wildman–Crippen MR) is 185 cm³/mol. The molecule has 4 aliphatic heterocycles. The molecule has 0 N–H and O–H groups in total. The molecule has 6 rings (SSSR count). The molecule has 2 aromatic carbocycles. The minimum absolute atomic E-state index is 0.0681.